The van der Waals surface area contributed by atoms with Gasteiger partial charge in [-0.2, -0.15) is 5.10 Å². The zero-order valence-electron chi connectivity index (χ0n) is 15.8. The number of hydrogen-bond donors (Lipinski definition) is 1. The molecule has 0 spiro atoms. The van der Waals surface area contributed by atoms with E-state index in [0.29, 0.717) is 22.8 Å². The fraction of sp³-hybridized carbons (Fsp3) is 0.211. The molecular formula is C19H16N4O6S. The molecule has 1 amide bonds. The van der Waals surface area contributed by atoms with E-state index in [4.69, 9.17) is 14.2 Å². The third-order valence-electron chi connectivity index (χ3n) is 4.06. The van der Waals surface area contributed by atoms with Crippen molar-refractivity contribution in [1.82, 2.24) is 14.8 Å². The van der Waals surface area contributed by atoms with Gasteiger partial charge in [0.15, 0.2) is 22.3 Å². The molecule has 2 aromatic heterocycles. The van der Waals surface area contributed by atoms with Crippen molar-refractivity contribution in [3.63, 3.8) is 0 Å². The van der Waals surface area contributed by atoms with E-state index in [-0.39, 0.29) is 30.8 Å². The number of carbonyl (C=O) groups is 2. The van der Waals surface area contributed by atoms with E-state index in [1.54, 1.807) is 31.2 Å². The molecule has 0 unspecified atom stereocenters. The zero-order chi connectivity index (χ0) is 21.1. The second kappa shape index (κ2) is 8.33. The van der Waals surface area contributed by atoms with E-state index in [2.05, 4.69) is 15.4 Å². The summed E-state index contributed by atoms with van der Waals surface area (Å²) in [5.74, 6) is 0.156. The van der Waals surface area contributed by atoms with Crippen LogP contribution in [0.5, 0.6) is 11.5 Å². The van der Waals surface area contributed by atoms with Gasteiger partial charge in [0.25, 0.3) is 5.56 Å². The van der Waals surface area contributed by atoms with Crippen LogP contribution >= 0.6 is 11.3 Å². The summed E-state index contributed by atoms with van der Waals surface area (Å²) in [5, 5.41) is 8.53. The van der Waals surface area contributed by atoms with Crippen molar-refractivity contribution >= 4 is 28.3 Å². The topological polar surface area (TPSA) is 122 Å². The van der Waals surface area contributed by atoms with Gasteiger partial charge in [0.2, 0.25) is 12.7 Å². The van der Waals surface area contributed by atoms with Crippen molar-refractivity contribution in [1.29, 1.82) is 0 Å². The third-order valence-corrected chi connectivity index (χ3v) is 4.82. The number of nitrogens with zero attached hydrogens (tertiary/aromatic N) is 3. The fourth-order valence-corrected chi connectivity index (χ4v) is 3.39. The molecule has 0 aliphatic carbocycles. The largest absolute Gasteiger partial charge is 0.461 e. The van der Waals surface area contributed by atoms with E-state index in [1.807, 2.05) is 0 Å². The van der Waals surface area contributed by atoms with Gasteiger partial charge in [-0.25, -0.2) is 14.5 Å². The van der Waals surface area contributed by atoms with E-state index in [9.17, 15) is 14.4 Å². The molecule has 3 aromatic rings. The van der Waals surface area contributed by atoms with Crippen LogP contribution in [0, 0.1) is 0 Å². The lowest BCUT2D eigenvalue weighted by Gasteiger charge is -2.07. The van der Waals surface area contributed by atoms with Gasteiger partial charge in [-0.05, 0) is 31.2 Å². The van der Waals surface area contributed by atoms with Crippen LogP contribution < -0.4 is 20.3 Å². The Morgan fingerprint density at radius 1 is 1.23 bits per heavy atom. The smallest absolute Gasteiger partial charge is 0.357 e. The molecule has 0 atom stereocenters. The maximum absolute atomic E-state index is 12.3. The normalized spacial score (nSPS) is 11.9. The van der Waals surface area contributed by atoms with E-state index >= 15 is 0 Å². The van der Waals surface area contributed by atoms with Crippen LogP contribution in [0.25, 0.3) is 11.3 Å². The van der Waals surface area contributed by atoms with Gasteiger partial charge in [-0.15, -0.1) is 11.3 Å². The summed E-state index contributed by atoms with van der Waals surface area (Å²) in [6.07, 6.45) is 0. The summed E-state index contributed by atoms with van der Waals surface area (Å²) in [6.45, 7) is 1.76. The molecule has 1 aliphatic heterocycles. The molecule has 0 radical (unpaired) electrons. The van der Waals surface area contributed by atoms with Gasteiger partial charge >= 0.3 is 5.97 Å². The number of carbonyl (C=O) groups excluding carboxylic acids is 2. The number of ether oxygens (including phenoxy) is 3. The predicted octanol–water partition coefficient (Wildman–Crippen LogP) is 1.91. The number of aromatic nitrogens is 3. The maximum atomic E-state index is 12.3. The Balaban J connectivity index is 1.48. The number of rotatable bonds is 6. The first-order valence-corrected chi connectivity index (χ1v) is 9.82. The quantitative estimate of drug-likeness (QED) is 0.591. The molecular weight excluding hydrogens is 412 g/mol. The predicted molar refractivity (Wildman–Crippen MR) is 107 cm³/mol. The number of hydrogen-bond acceptors (Lipinski definition) is 9. The molecule has 1 aliphatic rings. The second-order valence-electron chi connectivity index (χ2n) is 6.09. The lowest BCUT2D eigenvalue weighted by Crippen LogP contribution is -2.29. The van der Waals surface area contributed by atoms with Crippen LogP contribution in [-0.2, 0) is 16.1 Å². The number of benzene rings is 1. The van der Waals surface area contributed by atoms with E-state index in [1.165, 1.54) is 11.4 Å². The van der Waals surface area contributed by atoms with Crippen LogP contribution in [0.15, 0.2) is 40.5 Å². The zero-order valence-corrected chi connectivity index (χ0v) is 16.6. The monoisotopic (exact) mass is 428 g/mol. The van der Waals surface area contributed by atoms with Crippen LogP contribution in [0.4, 0.5) is 5.13 Å². The Morgan fingerprint density at radius 3 is 2.90 bits per heavy atom. The van der Waals surface area contributed by atoms with Crippen molar-refractivity contribution in [3.05, 3.63) is 51.8 Å². The van der Waals surface area contributed by atoms with Gasteiger partial charge < -0.3 is 19.5 Å². The first kappa shape index (κ1) is 19.6. The molecule has 0 saturated carbocycles. The standard InChI is InChI=1S/C19H16N4O6S/c1-2-27-18(26)13-9-30-19(20-13)21-16(24)8-23-17(25)6-4-12(22-23)11-3-5-14-15(7-11)29-10-28-14/h3-7,9H,2,8,10H2,1H3,(H,20,21,24). The number of amides is 1. The Hall–Kier alpha value is -3.73. The highest BCUT2D eigenvalue weighted by Gasteiger charge is 2.16. The Labute approximate surface area is 174 Å². The number of fused-ring (bicyclic) bond motifs is 1. The fourth-order valence-electron chi connectivity index (χ4n) is 2.70. The van der Waals surface area contributed by atoms with E-state index in [0.717, 1.165) is 16.0 Å². The lowest BCUT2D eigenvalue weighted by molar-refractivity contribution is -0.117. The number of thiazole rings is 1. The molecule has 154 valence electrons. The number of anilines is 1. The van der Waals surface area contributed by atoms with Crippen LogP contribution in [0.2, 0.25) is 0 Å². The minimum Gasteiger partial charge on any atom is -0.461 e. The summed E-state index contributed by atoms with van der Waals surface area (Å²) in [4.78, 5) is 40.2. The Kier molecular flexibility index (Phi) is 5.44. The molecule has 30 heavy (non-hydrogen) atoms. The molecule has 3 heterocycles. The minimum absolute atomic E-state index is 0.109. The van der Waals surface area contributed by atoms with Crippen molar-refractivity contribution in [2.24, 2.45) is 0 Å². The molecule has 4 rings (SSSR count). The number of esters is 1. The second-order valence-corrected chi connectivity index (χ2v) is 6.95. The van der Waals surface area contributed by atoms with Gasteiger partial charge in [-0.1, -0.05) is 0 Å². The third kappa shape index (κ3) is 4.15. The maximum Gasteiger partial charge on any atom is 0.357 e. The van der Waals surface area contributed by atoms with Crippen molar-refractivity contribution in [2.45, 2.75) is 13.5 Å². The summed E-state index contributed by atoms with van der Waals surface area (Å²) in [5.41, 5.74) is 0.894. The first-order valence-electron chi connectivity index (χ1n) is 8.94. The van der Waals surface area contributed by atoms with E-state index < -0.39 is 17.4 Å². The summed E-state index contributed by atoms with van der Waals surface area (Å²) < 4.78 is 16.6. The van der Waals surface area contributed by atoms with Crippen molar-refractivity contribution in [3.8, 4) is 22.8 Å². The highest BCUT2D eigenvalue weighted by atomic mass is 32.1. The molecule has 1 aromatic carbocycles. The van der Waals surface area contributed by atoms with Crippen molar-refractivity contribution in [2.75, 3.05) is 18.7 Å². The molecule has 1 N–H and O–H groups in total. The SMILES string of the molecule is CCOC(=O)c1csc(NC(=O)Cn2nc(-c3ccc4c(c3)OCO4)ccc2=O)n1. The summed E-state index contributed by atoms with van der Waals surface area (Å²) >= 11 is 1.08. The van der Waals surface area contributed by atoms with Crippen LogP contribution in [-0.4, -0.2) is 40.0 Å². The summed E-state index contributed by atoms with van der Waals surface area (Å²) in [7, 11) is 0. The molecule has 11 heteroatoms. The minimum atomic E-state index is -0.566. The van der Waals surface area contributed by atoms with Crippen LogP contribution in [0.3, 0.4) is 0 Å². The van der Waals surface area contributed by atoms with Gasteiger partial charge in [0.1, 0.15) is 6.54 Å². The lowest BCUT2D eigenvalue weighted by atomic mass is 10.1. The van der Waals surface area contributed by atoms with Gasteiger partial charge in [0, 0.05) is 17.0 Å². The van der Waals surface area contributed by atoms with Crippen molar-refractivity contribution < 1.29 is 23.8 Å². The van der Waals surface area contributed by atoms with Crippen LogP contribution in [0.1, 0.15) is 17.4 Å². The molecule has 0 bridgehead atoms. The average Bonchev–Trinajstić information content (AvgIpc) is 3.38. The molecule has 0 saturated heterocycles. The van der Waals surface area contributed by atoms with Gasteiger partial charge in [0.05, 0.1) is 12.3 Å². The highest BCUT2D eigenvalue weighted by Crippen LogP contribution is 2.35. The average molecular weight is 428 g/mol. The number of nitrogens with one attached hydrogen (secondary N) is 1. The van der Waals surface area contributed by atoms with Gasteiger partial charge in [-0.3, -0.25) is 9.59 Å². The summed E-state index contributed by atoms with van der Waals surface area (Å²) in [6, 6.07) is 8.21. The first-order chi connectivity index (χ1) is 14.5. The highest BCUT2D eigenvalue weighted by molar-refractivity contribution is 7.14. The molecule has 10 nitrogen and oxygen atoms in total. The Bertz CT molecular complexity index is 1170. The molecule has 0 fully saturated rings. The Morgan fingerprint density at radius 2 is 2.07 bits per heavy atom.